The molecule has 0 amide bonds. The van der Waals surface area contributed by atoms with Crippen LogP contribution in [0.5, 0.6) is 17.2 Å². The van der Waals surface area contributed by atoms with Gasteiger partial charge in [-0.15, -0.1) is 24.0 Å². The standard InChI is InChI=1S/C17H29N3O3.HI/c1-12(2)7-8-19-17(18-3)20-11-14-15(22-5)9-13(21-4)10-16(14)23-6;/h9-10,12H,7-8,11H2,1-6H3,(H2,18,19,20);1H. The summed E-state index contributed by atoms with van der Waals surface area (Å²) in [7, 11) is 6.64. The van der Waals surface area contributed by atoms with Crippen molar-refractivity contribution in [2.24, 2.45) is 10.9 Å². The smallest absolute Gasteiger partial charge is 0.191 e. The maximum absolute atomic E-state index is 5.45. The van der Waals surface area contributed by atoms with Gasteiger partial charge in [0.1, 0.15) is 17.2 Å². The molecule has 0 aliphatic rings. The van der Waals surface area contributed by atoms with Gasteiger partial charge in [-0.1, -0.05) is 13.8 Å². The van der Waals surface area contributed by atoms with E-state index in [-0.39, 0.29) is 24.0 Å². The fraction of sp³-hybridized carbons (Fsp3) is 0.588. The predicted octanol–water partition coefficient (Wildman–Crippen LogP) is 3.04. The molecule has 0 bridgehead atoms. The Morgan fingerprint density at radius 3 is 2.04 bits per heavy atom. The van der Waals surface area contributed by atoms with Crippen LogP contribution in [0.2, 0.25) is 0 Å². The first-order chi connectivity index (χ1) is 11.0. The van der Waals surface area contributed by atoms with Gasteiger partial charge in [0.2, 0.25) is 0 Å². The Kier molecular flexibility index (Phi) is 11.4. The van der Waals surface area contributed by atoms with Crippen LogP contribution in [0, 0.1) is 5.92 Å². The molecule has 2 N–H and O–H groups in total. The van der Waals surface area contributed by atoms with E-state index in [1.807, 2.05) is 12.1 Å². The third-order valence-electron chi connectivity index (χ3n) is 3.49. The maximum Gasteiger partial charge on any atom is 0.191 e. The summed E-state index contributed by atoms with van der Waals surface area (Å²) in [5, 5.41) is 6.59. The zero-order valence-electron chi connectivity index (χ0n) is 15.4. The fourth-order valence-corrected chi connectivity index (χ4v) is 2.12. The van der Waals surface area contributed by atoms with E-state index in [0.717, 1.165) is 24.5 Å². The summed E-state index contributed by atoms with van der Waals surface area (Å²) < 4.78 is 16.2. The van der Waals surface area contributed by atoms with Crippen molar-refractivity contribution >= 4 is 29.9 Å². The number of rotatable bonds is 8. The molecule has 0 aliphatic heterocycles. The molecule has 0 spiro atoms. The fourth-order valence-electron chi connectivity index (χ4n) is 2.12. The van der Waals surface area contributed by atoms with E-state index in [4.69, 9.17) is 14.2 Å². The van der Waals surface area contributed by atoms with Gasteiger partial charge in [-0.05, 0) is 12.3 Å². The van der Waals surface area contributed by atoms with Gasteiger partial charge in [-0.2, -0.15) is 0 Å². The molecule has 1 rings (SSSR count). The van der Waals surface area contributed by atoms with Crippen LogP contribution in [-0.2, 0) is 6.54 Å². The summed E-state index contributed by atoms with van der Waals surface area (Å²) >= 11 is 0. The lowest BCUT2D eigenvalue weighted by Crippen LogP contribution is -2.37. The Balaban J connectivity index is 0.00000529. The quantitative estimate of drug-likeness (QED) is 0.362. The van der Waals surface area contributed by atoms with Gasteiger partial charge in [0, 0.05) is 25.7 Å². The number of halogens is 1. The van der Waals surface area contributed by atoms with E-state index in [1.54, 1.807) is 28.4 Å². The van der Waals surface area contributed by atoms with Crippen molar-refractivity contribution in [1.29, 1.82) is 0 Å². The van der Waals surface area contributed by atoms with E-state index in [0.29, 0.717) is 29.7 Å². The Bertz CT molecular complexity index is 497. The van der Waals surface area contributed by atoms with Gasteiger partial charge in [0.05, 0.1) is 33.4 Å². The van der Waals surface area contributed by atoms with E-state index >= 15 is 0 Å². The monoisotopic (exact) mass is 451 g/mol. The van der Waals surface area contributed by atoms with Crippen molar-refractivity contribution in [1.82, 2.24) is 10.6 Å². The van der Waals surface area contributed by atoms with Crippen molar-refractivity contribution < 1.29 is 14.2 Å². The summed E-state index contributed by atoms with van der Waals surface area (Å²) in [4.78, 5) is 4.23. The number of nitrogens with one attached hydrogen (secondary N) is 2. The second kappa shape index (κ2) is 12.0. The number of hydrogen-bond acceptors (Lipinski definition) is 4. The first-order valence-electron chi connectivity index (χ1n) is 7.79. The molecule has 0 unspecified atom stereocenters. The first kappa shape index (κ1) is 22.6. The molecule has 24 heavy (non-hydrogen) atoms. The molecule has 0 heterocycles. The van der Waals surface area contributed by atoms with Crippen LogP contribution in [0.3, 0.4) is 0 Å². The number of aliphatic imine (C=N–C) groups is 1. The number of guanidine groups is 1. The van der Waals surface area contributed by atoms with Gasteiger partial charge in [-0.25, -0.2) is 0 Å². The predicted molar refractivity (Wildman–Crippen MR) is 109 cm³/mol. The summed E-state index contributed by atoms with van der Waals surface area (Å²) in [5.74, 6) is 3.53. The highest BCUT2D eigenvalue weighted by atomic mass is 127. The minimum atomic E-state index is 0. The molecule has 7 heteroatoms. The number of benzene rings is 1. The van der Waals surface area contributed by atoms with Crippen LogP contribution in [0.25, 0.3) is 0 Å². The Morgan fingerprint density at radius 1 is 1.04 bits per heavy atom. The molecule has 0 aromatic heterocycles. The average Bonchev–Trinajstić information content (AvgIpc) is 2.56. The molecule has 138 valence electrons. The van der Waals surface area contributed by atoms with Crippen molar-refractivity contribution in [2.75, 3.05) is 34.9 Å². The summed E-state index contributed by atoms with van der Waals surface area (Å²) in [6, 6.07) is 3.68. The molecule has 0 saturated carbocycles. The largest absolute Gasteiger partial charge is 0.496 e. The lowest BCUT2D eigenvalue weighted by Gasteiger charge is -2.17. The van der Waals surface area contributed by atoms with Gasteiger partial charge in [0.15, 0.2) is 5.96 Å². The second-order valence-corrected chi connectivity index (χ2v) is 5.55. The number of ether oxygens (including phenoxy) is 3. The van der Waals surface area contributed by atoms with Gasteiger partial charge >= 0.3 is 0 Å². The molecule has 1 aromatic carbocycles. The van der Waals surface area contributed by atoms with Gasteiger partial charge < -0.3 is 24.8 Å². The Morgan fingerprint density at radius 2 is 1.62 bits per heavy atom. The summed E-state index contributed by atoms with van der Waals surface area (Å²) in [5.41, 5.74) is 0.919. The normalized spacial score (nSPS) is 10.9. The molecule has 0 fully saturated rings. The highest BCUT2D eigenvalue weighted by Crippen LogP contribution is 2.33. The third kappa shape index (κ3) is 7.02. The molecule has 1 aromatic rings. The summed E-state index contributed by atoms with van der Waals surface area (Å²) in [6.45, 7) is 5.82. The lowest BCUT2D eigenvalue weighted by molar-refractivity contribution is 0.368. The molecular weight excluding hydrogens is 421 g/mol. The minimum absolute atomic E-state index is 0. The molecule has 0 atom stereocenters. The van der Waals surface area contributed by atoms with Crippen molar-refractivity contribution in [3.63, 3.8) is 0 Å². The molecule has 6 nitrogen and oxygen atoms in total. The Hall–Kier alpha value is -1.38. The van der Waals surface area contributed by atoms with Gasteiger partial charge in [0.25, 0.3) is 0 Å². The highest BCUT2D eigenvalue weighted by molar-refractivity contribution is 14.0. The van der Waals surface area contributed by atoms with E-state index in [1.165, 1.54) is 0 Å². The second-order valence-electron chi connectivity index (χ2n) is 5.55. The zero-order valence-corrected chi connectivity index (χ0v) is 17.8. The molecule has 0 aliphatic carbocycles. The van der Waals surface area contributed by atoms with E-state index < -0.39 is 0 Å². The van der Waals surface area contributed by atoms with Crippen molar-refractivity contribution in [3.05, 3.63) is 17.7 Å². The van der Waals surface area contributed by atoms with Crippen LogP contribution in [-0.4, -0.2) is 40.9 Å². The van der Waals surface area contributed by atoms with Crippen LogP contribution in [0.1, 0.15) is 25.8 Å². The van der Waals surface area contributed by atoms with E-state index in [9.17, 15) is 0 Å². The maximum atomic E-state index is 5.45. The summed E-state index contributed by atoms with van der Waals surface area (Å²) in [6.07, 6.45) is 1.09. The third-order valence-corrected chi connectivity index (χ3v) is 3.49. The van der Waals surface area contributed by atoms with Crippen LogP contribution in [0.4, 0.5) is 0 Å². The number of methoxy groups -OCH3 is 3. The van der Waals surface area contributed by atoms with Crippen LogP contribution < -0.4 is 24.8 Å². The van der Waals surface area contributed by atoms with Crippen molar-refractivity contribution in [2.45, 2.75) is 26.8 Å². The zero-order chi connectivity index (χ0) is 17.2. The molecule has 0 radical (unpaired) electrons. The highest BCUT2D eigenvalue weighted by Gasteiger charge is 2.13. The minimum Gasteiger partial charge on any atom is -0.496 e. The lowest BCUT2D eigenvalue weighted by atomic mass is 10.1. The Labute approximate surface area is 162 Å². The molecular formula is C17H30IN3O3. The van der Waals surface area contributed by atoms with Gasteiger partial charge in [-0.3, -0.25) is 4.99 Å². The average molecular weight is 451 g/mol. The number of nitrogens with zero attached hydrogens (tertiary/aromatic N) is 1. The number of hydrogen-bond donors (Lipinski definition) is 2. The first-order valence-corrected chi connectivity index (χ1v) is 7.79. The van der Waals surface area contributed by atoms with Crippen LogP contribution in [0.15, 0.2) is 17.1 Å². The SMILES string of the molecule is CN=C(NCCC(C)C)NCc1c(OC)cc(OC)cc1OC.I. The van der Waals surface area contributed by atoms with Crippen molar-refractivity contribution in [3.8, 4) is 17.2 Å². The molecule has 0 saturated heterocycles. The topological polar surface area (TPSA) is 64.1 Å². The van der Waals surface area contributed by atoms with E-state index in [2.05, 4.69) is 29.5 Å². The van der Waals surface area contributed by atoms with Crippen LogP contribution >= 0.6 is 24.0 Å².